The molecule has 2 aromatic heterocycles. The number of hydrogen-bond donors (Lipinski definition) is 0. The summed E-state index contributed by atoms with van der Waals surface area (Å²) in [6.07, 6.45) is 5.53. The second-order valence-electron chi connectivity index (χ2n) is 8.60. The summed E-state index contributed by atoms with van der Waals surface area (Å²) in [5, 5.41) is 0.843. The average molecular weight is 437 g/mol. The van der Waals surface area contributed by atoms with Gasteiger partial charge in [0.2, 0.25) is 5.91 Å². The Labute approximate surface area is 186 Å². The van der Waals surface area contributed by atoms with Gasteiger partial charge in [0.1, 0.15) is 4.83 Å². The quantitative estimate of drug-likeness (QED) is 0.631. The highest BCUT2D eigenvalue weighted by Crippen LogP contribution is 2.35. The van der Waals surface area contributed by atoms with Crippen LogP contribution in [0.25, 0.3) is 10.2 Å². The SMILES string of the molecule is CC(=O)N1CCN(C2CCc3c(sc4ncn(CCc5ccccc5)c(=O)c34)C2)CC1. The van der Waals surface area contributed by atoms with Crippen molar-refractivity contribution in [3.05, 3.63) is 63.0 Å². The molecule has 0 bridgehead atoms. The van der Waals surface area contributed by atoms with E-state index in [-0.39, 0.29) is 11.5 Å². The topological polar surface area (TPSA) is 58.4 Å². The fourth-order valence-corrected chi connectivity index (χ4v) is 6.20. The second kappa shape index (κ2) is 8.55. The number of thiophene rings is 1. The van der Waals surface area contributed by atoms with Crippen LogP contribution < -0.4 is 5.56 Å². The lowest BCUT2D eigenvalue weighted by atomic mass is 9.91. The summed E-state index contributed by atoms with van der Waals surface area (Å²) in [5.74, 6) is 0.171. The third kappa shape index (κ3) is 4.04. The molecule has 1 saturated heterocycles. The van der Waals surface area contributed by atoms with Gasteiger partial charge in [0.15, 0.2) is 0 Å². The highest BCUT2D eigenvalue weighted by atomic mass is 32.1. The number of aryl methyl sites for hydroxylation is 3. The molecular formula is C24H28N4O2S. The zero-order valence-corrected chi connectivity index (χ0v) is 18.7. The van der Waals surface area contributed by atoms with Crippen molar-refractivity contribution in [1.82, 2.24) is 19.4 Å². The molecule has 1 unspecified atom stereocenters. The molecule has 1 aromatic carbocycles. The van der Waals surface area contributed by atoms with Gasteiger partial charge in [-0.15, -0.1) is 11.3 Å². The lowest BCUT2D eigenvalue weighted by Gasteiger charge is -2.40. The summed E-state index contributed by atoms with van der Waals surface area (Å²) in [6.45, 7) is 5.82. The highest BCUT2D eigenvalue weighted by molar-refractivity contribution is 7.18. The van der Waals surface area contributed by atoms with Crippen LogP contribution in [0.15, 0.2) is 41.5 Å². The van der Waals surface area contributed by atoms with E-state index in [4.69, 9.17) is 0 Å². The van der Waals surface area contributed by atoms with Crippen LogP contribution in [0.3, 0.4) is 0 Å². The fraction of sp³-hybridized carbons (Fsp3) is 0.458. The van der Waals surface area contributed by atoms with E-state index in [2.05, 4.69) is 22.0 Å². The normalized spacial score (nSPS) is 19.5. The molecule has 0 radical (unpaired) electrons. The smallest absolute Gasteiger partial charge is 0.262 e. The summed E-state index contributed by atoms with van der Waals surface area (Å²) in [6, 6.07) is 10.8. The number of amides is 1. The van der Waals surface area contributed by atoms with Crippen molar-refractivity contribution < 1.29 is 4.79 Å². The molecule has 3 aromatic rings. The van der Waals surface area contributed by atoms with Crippen LogP contribution in [0, 0.1) is 0 Å². The molecule has 1 fully saturated rings. The second-order valence-corrected chi connectivity index (χ2v) is 9.68. The van der Waals surface area contributed by atoms with Crippen molar-refractivity contribution >= 4 is 27.5 Å². The zero-order valence-electron chi connectivity index (χ0n) is 17.9. The first kappa shape index (κ1) is 20.4. The summed E-state index contributed by atoms with van der Waals surface area (Å²) in [4.78, 5) is 36.2. The molecule has 0 spiro atoms. The van der Waals surface area contributed by atoms with Crippen LogP contribution in [0.4, 0.5) is 0 Å². The van der Waals surface area contributed by atoms with Gasteiger partial charge in [-0.2, -0.15) is 0 Å². The summed E-state index contributed by atoms with van der Waals surface area (Å²) in [7, 11) is 0. The number of fused-ring (bicyclic) bond motifs is 3. The lowest BCUT2D eigenvalue weighted by Crippen LogP contribution is -2.52. The first-order valence-electron chi connectivity index (χ1n) is 11.1. The molecule has 1 aliphatic carbocycles. The van der Waals surface area contributed by atoms with Gasteiger partial charge in [-0.25, -0.2) is 4.98 Å². The van der Waals surface area contributed by atoms with E-state index >= 15 is 0 Å². The Morgan fingerprint density at radius 2 is 1.94 bits per heavy atom. The maximum atomic E-state index is 13.2. The van der Waals surface area contributed by atoms with E-state index < -0.39 is 0 Å². The van der Waals surface area contributed by atoms with Crippen LogP contribution in [0.1, 0.15) is 29.3 Å². The van der Waals surface area contributed by atoms with E-state index in [9.17, 15) is 9.59 Å². The van der Waals surface area contributed by atoms with Crippen molar-refractivity contribution in [3.8, 4) is 0 Å². The first-order valence-corrected chi connectivity index (χ1v) is 11.9. The van der Waals surface area contributed by atoms with E-state index in [0.29, 0.717) is 12.6 Å². The van der Waals surface area contributed by atoms with E-state index in [1.54, 1.807) is 29.2 Å². The zero-order chi connectivity index (χ0) is 21.4. The molecule has 7 heteroatoms. The van der Waals surface area contributed by atoms with Crippen molar-refractivity contribution in [2.24, 2.45) is 0 Å². The van der Waals surface area contributed by atoms with Crippen LogP contribution in [-0.4, -0.2) is 57.5 Å². The minimum atomic E-state index is 0.104. The molecule has 1 amide bonds. The molecule has 31 heavy (non-hydrogen) atoms. The molecule has 1 aliphatic heterocycles. The van der Waals surface area contributed by atoms with E-state index in [0.717, 1.165) is 62.1 Å². The highest BCUT2D eigenvalue weighted by Gasteiger charge is 2.30. The van der Waals surface area contributed by atoms with Crippen molar-refractivity contribution in [2.45, 2.75) is 45.2 Å². The number of rotatable bonds is 4. The van der Waals surface area contributed by atoms with Crippen LogP contribution >= 0.6 is 11.3 Å². The molecule has 6 nitrogen and oxygen atoms in total. The summed E-state index contributed by atoms with van der Waals surface area (Å²) in [5.41, 5.74) is 2.56. The standard InChI is InChI=1S/C24H28N4O2S/c1-17(29)26-11-13-27(14-12-26)19-7-8-20-21(15-19)31-23-22(20)24(30)28(16-25-23)10-9-18-5-3-2-4-6-18/h2-6,16,19H,7-15H2,1H3. The van der Waals surface area contributed by atoms with Gasteiger partial charge in [0.05, 0.1) is 11.7 Å². The van der Waals surface area contributed by atoms with Crippen molar-refractivity contribution in [3.63, 3.8) is 0 Å². The molecule has 0 saturated carbocycles. The van der Waals surface area contributed by atoms with Crippen LogP contribution in [0.5, 0.6) is 0 Å². The molecular weight excluding hydrogens is 408 g/mol. The van der Waals surface area contributed by atoms with Crippen molar-refractivity contribution in [1.29, 1.82) is 0 Å². The third-order valence-corrected chi connectivity index (χ3v) is 7.93. The molecule has 3 heterocycles. The van der Waals surface area contributed by atoms with Crippen LogP contribution in [0.2, 0.25) is 0 Å². The number of aromatic nitrogens is 2. The lowest BCUT2D eigenvalue weighted by molar-refractivity contribution is -0.130. The number of carbonyl (C=O) groups is 1. The number of hydrogen-bond acceptors (Lipinski definition) is 5. The molecule has 2 aliphatic rings. The number of nitrogens with zero attached hydrogens (tertiary/aromatic N) is 4. The molecule has 162 valence electrons. The van der Waals surface area contributed by atoms with E-state index in [1.807, 2.05) is 23.1 Å². The molecule has 5 rings (SSSR count). The maximum Gasteiger partial charge on any atom is 0.262 e. The van der Waals surface area contributed by atoms with Gasteiger partial charge in [0.25, 0.3) is 5.56 Å². The molecule has 1 atom stereocenters. The Hall–Kier alpha value is -2.51. The van der Waals surface area contributed by atoms with E-state index in [1.165, 1.54) is 16.0 Å². The first-order chi connectivity index (χ1) is 15.1. The Kier molecular flexibility index (Phi) is 5.63. The number of benzene rings is 1. The van der Waals surface area contributed by atoms with Gasteiger partial charge >= 0.3 is 0 Å². The monoisotopic (exact) mass is 436 g/mol. The Morgan fingerprint density at radius 3 is 2.68 bits per heavy atom. The summed E-state index contributed by atoms with van der Waals surface area (Å²) >= 11 is 1.69. The Bertz CT molecular complexity index is 1150. The Balaban J connectivity index is 1.33. The minimum Gasteiger partial charge on any atom is -0.340 e. The van der Waals surface area contributed by atoms with Gasteiger partial charge in [-0.05, 0) is 36.8 Å². The predicted molar refractivity (Wildman–Crippen MR) is 124 cm³/mol. The van der Waals surface area contributed by atoms with Gasteiger partial charge < -0.3 is 4.90 Å². The average Bonchev–Trinajstić information content (AvgIpc) is 3.18. The van der Waals surface area contributed by atoms with Gasteiger partial charge in [-0.1, -0.05) is 30.3 Å². The Morgan fingerprint density at radius 1 is 1.16 bits per heavy atom. The number of piperazine rings is 1. The maximum absolute atomic E-state index is 13.2. The van der Waals surface area contributed by atoms with Gasteiger partial charge in [0, 0.05) is 50.6 Å². The minimum absolute atomic E-state index is 0.104. The summed E-state index contributed by atoms with van der Waals surface area (Å²) < 4.78 is 1.77. The van der Waals surface area contributed by atoms with Crippen molar-refractivity contribution in [2.75, 3.05) is 26.2 Å². The third-order valence-electron chi connectivity index (χ3n) is 6.77. The number of carbonyl (C=O) groups excluding carboxylic acids is 1. The van der Waals surface area contributed by atoms with Crippen LogP contribution in [-0.2, 0) is 30.6 Å². The fourth-order valence-electron chi connectivity index (χ4n) is 4.95. The van der Waals surface area contributed by atoms with Gasteiger partial charge in [-0.3, -0.25) is 19.1 Å². The predicted octanol–water partition coefficient (Wildman–Crippen LogP) is 2.72. The largest absolute Gasteiger partial charge is 0.340 e. The molecule has 0 N–H and O–H groups in total.